The standard InChI is InChI=1S/C21H22ClN5O3/c22-12-18(23)24-11-5-10-17(19-25-15-8-3-4-9-16(15)26-19)27-20(28)13-6-1-2-7-14(13)21(29)30/h1-4,6-9,17H,5,10-12H2,(H2,23,24)(H,25,26)(H,27,28)(H,29,30)/t17-/m0/s1. The summed E-state index contributed by atoms with van der Waals surface area (Å²) in [5.74, 6) is -0.721. The maximum absolute atomic E-state index is 12.9. The van der Waals surface area contributed by atoms with Crippen molar-refractivity contribution in [2.24, 2.45) is 0 Å². The number of para-hydroxylation sites is 2. The summed E-state index contributed by atoms with van der Waals surface area (Å²) in [5, 5.41) is 22.7. The van der Waals surface area contributed by atoms with E-state index >= 15 is 0 Å². The van der Waals surface area contributed by atoms with E-state index < -0.39 is 17.9 Å². The summed E-state index contributed by atoms with van der Waals surface area (Å²) in [6, 6.07) is 13.2. The Morgan fingerprint density at radius 3 is 2.53 bits per heavy atom. The third-order valence-electron chi connectivity index (χ3n) is 4.59. The highest BCUT2D eigenvalue weighted by Crippen LogP contribution is 2.21. The molecule has 3 aromatic rings. The monoisotopic (exact) mass is 427 g/mol. The molecule has 1 heterocycles. The van der Waals surface area contributed by atoms with E-state index in [2.05, 4.69) is 20.6 Å². The molecule has 9 heteroatoms. The minimum Gasteiger partial charge on any atom is -0.478 e. The number of aromatic carboxylic acids is 1. The molecule has 0 aliphatic heterocycles. The lowest BCUT2D eigenvalue weighted by molar-refractivity contribution is 0.0690. The van der Waals surface area contributed by atoms with Crippen LogP contribution in [0.5, 0.6) is 0 Å². The second kappa shape index (κ2) is 9.89. The van der Waals surface area contributed by atoms with Gasteiger partial charge in [0, 0.05) is 6.54 Å². The average molecular weight is 428 g/mol. The van der Waals surface area contributed by atoms with Crippen molar-refractivity contribution in [1.82, 2.24) is 20.6 Å². The zero-order valence-corrected chi connectivity index (χ0v) is 16.9. The summed E-state index contributed by atoms with van der Waals surface area (Å²) < 4.78 is 0. The van der Waals surface area contributed by atoms with Crippen LogP contribution in [0.15, 0.2) is 48.5 Å². The topological polar surface area (TPSA) is 131 Å². The molecular weight excluding hydrogens is 406 g/mol. The number of halogens is 1. The van der Waals surface area contributed by atoms with Crippen LogP contribution in [0.1, 0.15) is 45.4 Å². The lowest BCUT2D eigenvalue weighted by Gasteiger charge is -2.18. The van der Waals surface area contributed by atoms with Gasteiger partial charge in [-0.05, 0) is 37.1 Å². The van der Waals surface area contributed by atoms with Gasteiger partial charge >= 0.3 is 5.97 Å². The number of aromatic amines is 1. The molecule has 2 aromatic carbocycles. The summed E-state index contributed by atoms with van der Waals surface area (Å²) in [7, 11) is 0. The minimum absolute atomic E-state index is 0.0596. The lowest BCUT2D eigenvalue weighted by atomic mass is 10.1. The molecule has 0 aliphatic carbocycles. The predicted octanol–water partition coefficient (Wildman–Crippen LogP) is 3.32. The van der Waals surface area contributed by atoms with Gasteiger partial charge in [0.05, 0.1) is 34.1 Å². The Bertz CT molecular complexity index is 1030. The molecule has 8 nitrogen and oxygen atoms in total. The number of carboxylic acid groups (broad SMARTS) is 1. The lowest BCUT2D eigenvalue weighted by Crippen LogP contribution is -2.31. The number of alkyl halides is 1. The van der Waals surface area contributed by atoms with Crippen LogP contribution in [0, 0.1) is 5.41 Å². The number of rotatable bonds is 9. The Labute approximate surface area is 178 Å². The zero-order valence-electron chi connectivity index (χ0n) is 16.1. The molecular formula is C21H22ClN5O3. The molecule has 3 rings (SSSR count). The Hall–Kier alpha value is -3.39. The number of amides is 1. The van der Waals surface area contributed by atoms with Crippen LogP contribution < -0.4 is 10.6 Å². The first-order valence-electron chi connectivity index (χ1n) is 9.44. The van der Waals surface area contributed by atoms with Crippen LogP contribution in [0.2, 0.25) is 0 Å². The smallest absolute Gasteiger partial charge is 0.336 e. The molecule has 1 atom stereocenters. The molecule has 5 N–H and O–H groups in total. The van der Waals surface area contributed by atoms with E-state index in [9.17, 15) is 14.7 Å². The Morgan fingerprint density at radius 1 is 1.13 bits per heavy atom. The van der Waals surface area contributed by atoms with E-state index in [1.54, 1.807) is 12.1 Å². The molecule has 0 saturated carbocycles. The molecule has 0 saturated heterocycles. The number of H-pyrrole nitrogens is 1. The highest BCUT2D eigenvalue weighted by molar-refractivity contribution is 6.27. The van der Waals surface area contributed by atoms with Gasteiger partial charge in [-0.15, -0.1) is 11.6 Å². The fourth-order valence-electron chi connectivity index (χ4n) is 3.11. The van der Waals surface area contributed by atoms with Gasteiger partial charge in [0.1, 0.15) is 11.7 Å². The normalized spacial score (nSPS) is 11.8. The van der Waals surface area contributed by atoms with Crippen molar-refractivity contribution in [2.45, 2.75) is 18.9 Å². The average Bonchev–Trinajstić information content (AvgIpc) is 3.19. The maximum atomic E-state index is 12.9. The third-order valence-corrected chi connectivity index (χ3v) is 4.85. The summed E-state index contributed by atoms with van der Waals surface area (Å²) in [6.45, 7) is 0.518. The van der Waals surface area contributed by atoms with Crippen molar-refractivity contribution >= 4 is 40.3 Å². The second-order valence-electron chi connectivity index (χ2n) is 6.70. The molecule has 0 unspecified atom stereocenters. The molecule has 0 radical (unpaired) electrons. The van der Waals surface area contributed by atoms with E-state index in [4.69, 9.17) is 17.0 Å². The number of amidine groups is 1. The summed E-state index contributed by atoms with van der Waals surface area (Å²) in [6.07, 6.45) is 1.17. The second-order valence-corrected chi connectivity index (χ2v) is 6.96. The van der Waals surface area contributed by atoms with Gasteiger partial charge in [0.25, 0.3) is 5.91 Å². The molecule has 1 amide bonds. The quantitative estimate of drug-likeness (QED) is 0.155. The van der Waals surface area contributed by atoms with Gasteiger partial charge in [-0.25, -0.2) is 9.78 Å². The molecule has 0 fully saturated rings. The fraction of sp³-hybridized carbons (Fsp3) is 0.238. The number of carboxylic acids is 1. The SMILES string of the molecule is N=C(CCl)NCCC[C@H](NC(=O)c1ccccc1C(=O)O)c1nc2ccccc2[nH]1. The van der Waals surface area contributed by atoms with Crippen molar-refractivity contribution in [3.05, 3.63) is 65.5 Å². The Balaban J connectivity index is 1.81. The maximum Gasteiger partial charge on any atom is 0.336 e. The number of nitrogens with one attached hydrogen (secondary N) is 4. The molecule has 156 valence electrons. The van der Waals surface area contributed by atoms with Crippen molar-refractivity contribution in [1.29, 1.82) is 5.41 Å². The summed E-state index contributed by atoms with van der Waals surface area (Å²) >= 11 is 5.60. The van der Waals surface area contributed by atoms with E-state index in [1.165, 1.54) is 12.1 Å². The number of hydrogen-bond donors (Lipinski definition) is 5. The van der Waals surface area contributed by atoms with Crippen LogP contribution in [0.4, 0.5) is 0 Å². The number of carbonyl (C=O) groups is 2. The van der Waals surface area contributed by atoms with E-state index in [0.29, 0.717) is 25.2 Å². The van der Waals surface area contributed by atoms with Gasteiger partial charge in [-0.2, -0.15) is 0 Å². The highest BCUT2D eigenvalue weighted by Gasteiger charge is 2.22. The van der Waals surface area contributed by atoms with E-state index in [-0.39, 0.29) is 22.8 Å². The van der Waals surface area contributed by atoms with Gasteiger partial charge < -0.3 is 20.7 Å². The predicted molar refractivity (Wildman–Crippen MR) is 115 cm³/mol. The number of benzene rings is 2. The number of aromatic nitrogens is 2. The first-order valence-corrected chi connectivity index (χ1v) is 9.98. The molecule has 0 aliphatic rings. The van der Waals surface area contributed by atoms with Gasteiger partial charge in [-0.3, -0.25) is 10.2 Å². The largest absolute Gasteiger partial charge is 0.478 e. The first-order chi connectivity index (χ1) is 14.5. The Kier molecular flexibility index (Phi) is 7.03. The van der Waals surface area contributed by atoms with Gasteiger partial charge in [-0.1, -0.05) is 24.3 Å². The van der Waals surface area contributed by atoms with Gasteiger partial charge in [0.15, 0.2) is 0 Å². The minimum atomic E-state index is -1.16. The first kappa shape index (κ1) is 21.3. The molecule has 30 heavy (non-hydrogen) atoms. The number of fused-ring (bicyclic) bond motifs is 1. The van der Waals surface area contributed by atoms with Crippen LogP contribution in [0.3, 0.4) is 0 Å². The van der Waals surface area contributed by atoms with Crippen LogP contribution in [0.25, 0.3) is 11.0 Å². The van der Waals surface area contributed by atoms with E-state index in [0.717, 1.165) is 11.0 Å². The van der Waals surface area contributed by atoms with Crippen molar-refractivity contribution in [2.75, 3.05) is 12.4 Å². The third kappa shape index (κ3) is 5.15. The summed E-state index contributed by atoms with van der Waals surface area (Å²) in [4.78, 5) is 32.1. The Morgan fingerprint density at radius 2 is 1.83 bits per heavy atom. The number of carbonyl (C=O) groups excluding carboxylic acids is 1. The van der Waals surface area contributed by atoms with E-state index in [1.807, 2.05) is 24.3 Å². The van der Waals surface area contributed by atoms with Crippen molar-refractivity contribution < 1.29 is 14.7 Å². The zero-order chi connectivity index (χ0) is 21.5. The molecule has 1 aromatic heterocycles. The number of nitrogens with zero attached hydrogens (tertiary/aromatic N) is 1. The highest BCUT2D eigenvalue weighted by atomic mass is 35.5. The number of hydrogen-bond acceptors (Lipinski definition) is 4. The fourth-order valence-corrected chi connectivity index (χ4v) is 3.21. The van der Waals surface area contributed by atoms with Crippen LogP contribution in [-0.4, -0.2) is 45.2 Å². The van der Waals surface area contributed by atoms with Crippen molar-refractivity contribution in [3.8, 4) is 0 Å². The molecule has 0 bridgehead atoms. The van der Waals surface area contributed by atoms with Crippen molar-refractivity contribution in [3.63, 3.8) is 0 Å². The molecule has 0 spiro atoms. The van der Waals surface area contributed by atoms with Crippen LogP contribution in [-0.2, 0) is 0 Å². The van der Waals surface area contributed by atoms with Crippen LogP contribution >= 0.6 is 11.6 Å². The summed E-state index contributed by atoms with van der Waals surface area (Å²) in [5.41, 5.74) is 1.66. The number of imidazole rings is 1. The van der Waals surface area contributed by atoms with Gasteiger partial charge in [0.2, 0.25) is 0 Å².